The average Bonchev–Trinajstić information content (AvgIpc) is 3.21. The molecule has 0 aliphatic rings. The maximum atomic E-state index is 13.3. The predicted molar refractivity (Wildman–Crippen MR) is 110 cm³/mol. The number of pyridine rings is 1. The molecule has 0 spiro atoms. The zero-order valence-corrected chi connectivity index (χ0v) is 17.8. The number of aromatic nitrogens is 4. The molecule has 7 nitrogen and oxygen atoms in total. The van der Waals surface area contributed by atoms with Crippen LogP contribution < -0.4 is 9.47 Å². The molecule has 2 aromatic heterocycles. The molecule has 0 saturated heterocycles. The lowest BCUT2D eigenvalue weighted by Crippen LogP contribution is -2.40. The number of ether oxygens (including phenoxy) is 2. The van der Waals surface area contributed by atoms with Crippen LogP contribution >= 0.6 is 34.8 Å². The Morgan fingerprint density at radius 2 is 1.90 bits per heavy atom. The minimum atomic E-state index is -1.05. The first-order chi connectivity index (χ1) is 13.8. The number of halogens is 3. The number of nitrogens with zero attached hydrogens (tertiary/aromatic N) is 4. The summed E-state index contributed by atoms with van der Waals surface area (Å²) in [4.78, 5) is 21.2. The van der Waals surface area contributed by atoms with Gasteiger partial charge < -0.3 is 9.47 Å². The number of hydrogen-bond acceptors (Lipinski definition) is 6. The molecule has 0 aliphatic carbocycles. The van der Waals surface area contributed by atoms with Crippen molar-refractivity contribution in [3.05, 3.63) is 64.3 Å². The molecule has 152 valence electrons. The molecular weight excluding hydrogens is 439 g/mol. The van der Waals surface area contributed by atoms with E-state index >= 15 is 0 Å². The van der Waals surface area contributed by atoms with Crippen LogP contribution in [0.1, 0.15) is 20.1 Å². The average molecular weight is 456 g/mol. The van der Waals surface area contributed by atoms with Gasteiger partial charge in [-0.05, 0) is 44.2 Å². The molecule has 0 saturated carbocycles. The Hall–Kier alpha value is -2.35. The molecule has 3 aromatic rings. The van der Waals surface area contributed by atoms with Crippen LogP contribution in [0.4, 0.5) is 0 Å². The summed E-state index contributed by atoms with van der Waals surface area (Å²) in [5.41, 5.74) is -0.965. The van der Waals surface area contributed by atoms with E-state index in [0.717, 1.165) is 0 Å². The van der Waals surface area contributed by atoms with E-state index in [1.54, 1.807) is 38.1 Å². The van der Waals surface area contributed by atoms with E-state index in [0.29, 0.717) is 15.8 Å². The second-order valence-electron chi connectivity index (χ2n) is 6.78. The van der Waals surface area contributed by atoms with Gasteiger partial charge in [0.15, 0.2) is 0 Å². The van der Waals surface area contributed by atoms with E-state index in [2.05, 4.69) is 15.1 Å². The molecule has 0 amide bonds. The van der Waals surface area contributed by atoms with Crippen LogP contribution in [-0.4, -0.2) is 32.1 Å². The van der Waals surface area contributed by atoms with Gasteiger partial charge in [-0.15, -0.1) is 0 Å². The summed E-state index contributed by atoms with van der Waals surface area (Å²) in [6, 6.07) is 8.19. The first kappa shape index (κ1) is 21.4. The molecule has 10 heteroatoms. The summed E-state index contributed by atoms with van der Waals surface area (Å²) < 4.78 is 12.9. The van der Waals surface area contributed by atoms with Gasteiger partial charge in [0.05, 0.1) is 10.4 Å². The fourth-order valence-electron chi connectivity index (χ4n) is 2.37. The summed E-state index contributed by atoms with van der Waals surface area (Å²) in [7, 11) is 0. The van der Waals surface area contributed by atoms with Crippen molar-refractivity contribution in [2.24, 2.45) is 5.41 Å². The lowest BCUT2D eigenvalue weighted by Gasteiger charge is -2.28. The van der Waals surface area contributed by atoms with Gasteiger partial charge in [0.1, 0.15) is 30.0 Å². The second kappa shape index (κ2) is 8.98. The fourth-order valence-corrected chi connectivity index (χ4v) is 2.93. The van der Waals surface area contributed by atoms with Gasteiger partial charge >= 0.3 is 0 Å². The number of carbonyl (C=O) groups excluding carboxylic acids is 1. The van der Waals surface area contributed by atoms with Crippen LogP contribution in [0.3, 0.4) is 0 Å². The SMILES string of the molecule is CC(C)(COc1ncc(Cl)cc1Cl)C(=O)C(Oc1ccc(Cl)cc1)n1cncn1. The van der Waals surface area contributed by atoms with Crippen LogP contribution in [-0.2, 0) is 4.79 Å². The van der Waals surface area contributed by atoms with Gasteiger partial charge in [-0.1, -0.05) is 34.8 Å². The van der Waals surface area contributed by atoms with Crippen molar-refractivity contribution in [3.63, 3.8) is 0 Å². The smallest absolute Gasteiger partial charge is 0.252 e. The quantitative estimate of drug-likeness (QED) is 0.481. The molecule has 0 bridgehead atoms. The van der Waals surface area contributed by atoms with Gasteiger partial charge in [-0.25, -0.2) is 14.6 Å². The number of carbonyl (C=O) groups is 1. The van der Waals surface area contributed by atoms with Crippen molar-refractivity contribution in [1.29, 1.82) is 0 Å². The highest BCUT2D eigenvalue weighted by Crippen LogP contribution is 2.30. The van der Waals surface area contributed by atoms with E-state index in [1.165, 1.54) is 29.6 Å². The van der Waals surface area contributed by atoms with Crippen LogP contribution in [0.25, 0.3) is 0 Å². The van der Waals surface area contributed by atoms with Gasteiger partial charge in [-0.2, -0.15) is 5.10 Å². The molecule has 1 atom stereocenters. The summed E-state index contributed by atoms with van der Waals surface area (Å²) >= 11 is 17.8. The summed E-state index contributed by atoms with van der Waals surface area (Å²) in [5, 5.41) is 5.25. The lowest BCUT2D eigenvalue weighted by atomic mass is 9.88. The number of rotatable bonds is 8. The van der Waals surface area contributed by atoms with E-state index in [-0.39, 0.29) is 23.3 Å². The largest absolute Gasteiger partial charge is 0.476 e. The molecule has 3 rings (SSSR count). The topological polar surface area (TPSA) is 79.1 Å². The highest BCUT2D eigenvalue weighted by Gasteiger charge is 2.38. The number of benzene rings is 1. The first-order valence-corrected chi connectivity index (χ1v) is 9.64. The zero-order chi connectivity index (χ0) is 21.0. The predicted octanol–water partition coefficient (Wildman–Crippen LogP) is 4.89. The number of ketones is 1. The van der Waals surface area contributed by atoms with Crippen LogP contribution in [0.15, 0.2) is 49.2 Å². The van der Waals surface area contributed by atoms with Gasteiger partial charge in [0, 0.05) is 11.2 Å². The molecule has 0 aliphatic heterocycles. The maximum absolute atomic E-state index is 13.3. The Bertz CT molecular complexity index is 979. The number of Topliss-reactive ketones (excluding diaryl/α,β-unsaturated/α-hetero) is 1. The molecule has 2 heterocycles. The number of hydrogen-bond donors (Lipinski definition) is 0. The van der Waals surface area contributed by atoms with E-state index < -0.39 is 11.6 Å². The third-order valence-electron chi connectivity index (χ3n) is 3.97. The monoisotopic (exact) mass is 454 g/mol. The maximum Gasteiger partial charge on any atom is 0.252 e. The van der Waals surface area contributed by atoms with Crippen LogP contribution in [0, 0.1) is 5.41 Å². The Balaban J connectivity index is 1.79. The third-order valence-corrected chi connectivity index (χ3v) is 4.70. The Morgan fingerprint density at radius 1 is 1.17 bits per heavy atom. The van der Waals surface area contributed by atoms with Crippen molar-refractivity contribution in [2.45, 2.75) is 20.1 Å². The Kier molecular flexibility index (Phi) is 6.62. The summed E-state index contributed by atoms with van der Waals surface area (Å²) in [6.07, 6.45) is 3.10. The third kappa shape index (κ3) is 5.38. The molecule has 1 unspecified atom stereocenters. The van der Waals surface area contributed by atoms with Crippen molar-refractivity contribution >= 4 is 40.6 Å². The van der Waals surface area contributed by atoms with Gasteiger partial charge in [-0.3, -0.25) is 4.79 Å². The fraction of sp³-hybridized carbons (Fsp3) is 0.263. The minimum absolute atomic E-state index is 0.00929. The van der Waals surface area contributed by atoms with Crippen LogP contribution in [0.5, 0.6) is 11.6 Å². The van der Waals surface area contributed by atoms with Crippen molar-refractivity contribution in [3.8, 4) is 11.6 Å². The molecule has 0 radical (unpaired) electrons. The normalized spacial score (nSPS) is 12.4. The van der Waals surface area contributed by atoms with Gasteiger partial charge in [0.25, 0.3) is 6.23 Å². The molecule has 29 heavy (non-hydrogen) atoms. The Morgan fingerprint density at radius 3 is 2.52 bits per heavy atom. The zero-order valence-electron chi connectivity index (χ0n) is 15.6. The van der Waals surface area contributed by atoms with Crippen molar-refractivity contribution < 1.29 is 14.3 Å². The molecular formula is C19H17Cl3N4O3. The lowest BCUT2D eigenvalue weighted by molar-refractivity contribution is -0.140. The van der Waals surface area contributed by atoms with Crippen molar-refractivity contribution in [2.75, 3.05) is 6.61 Å². The molecule has 1 aromatic carbocycles. The standard InChI is InChI=1S/C19H17Cl3N4O3/c1-19(2,9-28-17-15(22)7-13(21)8-24-17)16(27)18(26-11-23-10-25-26)29-14-5-3-12(20)4-6-14/h3-8,10-11,18H,9H2,1-2H3. The second-order valence-corrected chi connectivity index (χ2v) is 8.06. The highest BCUT2D eigenvalue weighted by atomic mass is 35.5. The van der Waals surface area contributed by atoms with Gasteiger partial charge in [0.2, 0.25) is 11.7 Å². The van der Waals surface area contributed by atoms with E-state index in [9.17, 15) is 4.79 Å². The van der Waals surface area contributed by atoms with Crippen molar-refractivity contribution in [1.82, 2.24) is 19.7 Å². The summed E-state index contributed by atoms with van der Waals surface area (Å²) in [6.45, 7) is 3.47. The van der Waals surface area contributed by atoms with Crippen LogP contribution in [0.2, 0.25) is 15.1 Å². The van der Waals surface area contributed by atoms with E-state index in [1.807, 2.05) is 0 Å². The van der Waals surface area contributed by atoms with E-state index in [4.69, 9.17) is 44.3 Å². The molecule has 0 N–H and O–H groups in total. The molecule has 0 fully saturated rings. The minimum Gasteiger partial charge on any atom is -0.476 e. The highest BCUT2D eigenvalue weighted by molar-refractivity contribution is 6.35. The summed E-state index contributed by atoms with van der Waals surface area (Å²) in [5.74, 6) is 0.373. The first-order valence-electron chi connectivity index (χ1n) is 8.51. The Labute approximate surface area is 182 Å².